The number of hydrogen-bond acceptors (Lipinski definition) is 4. The molecule has 3 atom stereocenters. The number of ether oxygens (including phenoxy) is 1. The van der Waals surface area contributed by atoms with E-state index < -0.39 is 5.60 Å². The standard InChI is InChI=1S/C18H22N2O3S/c1-18(22,14-8-10-24-11-14)12-19-17(21)20-15-7-9-23-16(15)13-5-3-2-4-6-13/h2-6,8,10-11,15-16,22H,7,9,12H2,1H3,(H2,19,20,21)/t15-,16-,18-/m0/s1. The monoisotopic (exact) mass is 346 g/mol. The summed E-state index contributed by atoms with van der Waals surface area (Å²) in [5.74, 6) is 0. The minimum Gasteiger partial charge on any atom is -0.384 e. The van der Waals surface area contributed by atoms with Crippen molar-refractivity contribution in [2.45, 2.75) is 31.1 Å². The number of rotatable bonds is 5. The maximum absolute atomic E-state index is 12.2. The van der Waals surface area contributed by atoms with E-state index in [1.165, 1.54) is 11.3 Å². The van der Waals surface area contributed by atoms with Crippen LogP contribution in [0.25, 0.3) is 0 Å². The summed E-state index contributed by atoms with van der Waals surface area (Å²) in [6, 6.07) is 11.4. The lowest BCUT2D eigenvalue weighted by atomic mass is 9.99. The summed E-state index contributed by atoms with van der Waals surface area (Å²) in [5.41, 5.74) is 0.784. The summed E-state index contributed by atoms with van der Waals surface area (Å²) in [6.45, 7) is 2.47. The fourth-order valence-corrected chi connectivity index (χ4v) is 3.64. The molecule has 0 bridgehead atoms. The van der Waals surface area contributed by atoms with Crippen molar-refractivity contribution < 1.29 is 14.6 Å². The van der Waals surface area contributed by atoms with E-state index in [-0.39, 0.29) is 24.7 Å². The molecule has 1 aliphatic heterocycles. The Morgan fingerprint density at radius 2 is 2.17 bits per heavy atom. The van der Waals surface area contributed by atoms with Crippen LogP contribution in [0.15, 0.2) is 47.2 Å². The Labute approximate surface area is 145 Å². The maximum atomic E-state index is 12.2. The molecule has 1 fully saturated rings. The summed E-state index contributed by atoms with van der Waals surface area (Å²) in [6.07, 6.45) is 0.641. The van der Waals surface area contributed by atoms with Crippen molar-refractivity contribution >= 4 is 17.4 Å². The zero-order valence-corrected chi connectivity index (χ0v) is 14.4. The molecular weight excluding hydrogens is 324 g/mol. The van der Waals surface area contributed by atoms with E-state index in [1.54, 1.807) is 6.92 Å². The minimum atomic E-state index is -1.08. The first-order chi connectivity index (χ1) is 11.6. The van der Waals surface area contributed by atoms with Crippen LogP contribution in [0.5, 0.6) is 0 Å². The summed E-state index contributed by atoms with van der Waals surface area (Å²) in [5, 5.41) is 20.0. The lowest BCUT2D eigenvalue weighted by Gasteiger charge is -2.25. The molecule has 1 aliphatic rings. The minimum absolute atomic E-state index is 0.0708. The van der Waals surface area contributed by atoms with Gasteiger partial charge in [0.15, 0.2) is 0 Å². The maximum Gasteiger partial charge on any atom is 0.315 e. The number of nitrogens with one attached hydrogen (secondary N) is 2. The van der Waals surface area contributed by atoms with Gasteiger partial charge in [0.25, 0.3) is 0 Å². The van der Waals surface area contributed by atoms with E-state index in [0.29, 0.717) is 6.61 Å². The molecule has 6 heteroatoms. The van der Waals surface area contributed by atoms with Crippen LogP contribution in [-0.2, 0) is 10.3 Å². The summed E-state index contributed by atoms with van der Waals surface area (Å²) < 4.78 is 5.77. The average molecular weight is 346 g/mol. The topological polar surface area (TPSA) is 70.6 Å². The van der Waals surface area contributed by atoms with Gasteiger partial charge in [0.2, 0.25) is 0 Å². The Morgan fingerprint density at radius 1 is 1.38 bits per heavy atom. The van der Waals surface area contributed by atoms with Crippen LogP contribution in [0, 0.1) is 0 Å². The molecule has 1 saturated heterocycles. The highest BCUT2D eigenvalue weighted by Gasteiger charge is 2.31. The van der Waals surface area contributed by atoms with Gasteiger partial charge in [0.1, 0.15) is 11.7 Å². The Balaban J connectivity index is 1.55. The summed E-state index contributed by atoms with van der Waals surface area (Å²) in [4.78, 5) is 12.2. The number of urea groups is 1. The predicted octanol–water partition coefficient (Wildman–Crippen LogP) is 2.79. The Kier molecular flexibility index (Phi) is 5.18. The van der Waals surface area contributed by atoms with E-state index in [1.807, 2.05) is 47.2 Å². The third-order valence-corrected chi connectivity index (χ3v) is 4.96. The van der Waals surface area contributed by atoms with Gasteiger partial charge in [0, 0.05) is 6.61 Å². The Hall–Kier alpha value is -1.89. The molecule has 2 heterocycles. The molecule has 0 aliphatic carbocycles. The lowest BCUT2D eigenvalue weighted by Crippen LogP contribution is -2.47. The van der Waals surface area contributed by atoms with Gasteiger partial charge in [-0.05, 0) is 41.3 Å². The second kappa shape index (κ2) is 7.34. The van der Waals surface area contributed by atoms with Crippen LogP contribution in [0.2, 0.25) is 0 Å². The van der Waals surface area contributed by atoms with Crippen LogP contribution in [0.1, 0.15) is 30.6 Å². The molecule has 24 heavy (non-hydrogen) atoms. The molecule has 0 spiro atoms. The number of hydrogen-bond donors (Lipinski definition) is 3. The fourth-order valence-electron chi connectivity index (χ4n) is 2.85. The zero-order valence-electron chi connectivity index (χ0n) is 13.6. The van der Waals surface area contributed by atoms with Gasteiger partial charge in [-0.3, -0.25) is 0 Å². The first kappa shape index (κ1) is 17.0. The third-order valence-electron chi connectivity index (χ3n) is 4.27. The molecule has 128 valence electrons. The first-order valence-corrected chi connectivity index (χ1v) is 8.96. The van der Waals surface area contributed by atoms with Gasteiger partial charge < -0.3 is 20.5 Å². The van der Waals surface area contributed by atoms with Crippen LogP contribution in [0.4, 0.5) is 4.79 Å². The SMILES string of the molecule is C[C@](O)(CNC(=O)N[C@H]1CCO[C@H]1c1ccccc1)c1ccsc1. The quantitative estimate of drug-likeness (QED) is 0.780. The number of carbonyl (C=O) groups excluding carboxylic acids is 1. The molecule has 0 unspecified atom stereocenters. The predicted molar refractivity (Wildman–Crippen MR) is 94.0 cm³/mol. The van der Waals surface area contributed by atoms with Crippen LogP contribution in [0.3, 0.4) is 0 Å². The molecule has 1 aromatic carbocycles. The van der Waals surface area contributed by atoms with Crippen molar-refractivity contribution in [3.05, 3.63) is 58.3 Å². The van der Waals surface area contributed by atoms with E-state index >= 15 is 0 Å². The molecule has 0 radical (unpaired) electrons. The van der Waals surface area contributed by atoms with Gasteiger partial charge in [-0.2, -0.15) is 11.3 Å². The zero-order chi connectivity index (χ0) is 17.0. The van der Waals surface area contributed by atoms with Crippen molar-refractivity contribution in [1.82, 2.24) is 10.6 Å². The van der Waals surface area contributed by atoms with E-state index in [9.17, 15) is 9.90 Å². The number of aliphatic hydroxyl groups is 1. The largest absolute Gasteiger partial charge is 0.384 e. The fraction of sp³-hybridized carbons (Fsp3) is 0.389. The van der Waals surface area contributed by atoms with Crippen molar-refractivity contribution in [2.75, 3.05) is 13.2 Å². The number of amides is 2. The van der Waals surface area contributed by atoms with Gasteiger partial charge in [-0.15, -0.1) is 0 Å². The smallest absolute Gasteiger partial charge is 0.315 e. The number of thiophene rings is 1. The Bertz CT molecular complexity index is 658. The normalized spacial score (nSPS) is 22.8. The first-order valence-electron chi connectivity index (χ1n) is 8.02. The number of benzene rings is 1. The summed E-state index contributed by atoms with van der Waals surface area (Å²) in [7, 11) is 0. The molecule has 3 N–H and O–H groups in total. The lowest BCUT2D eigenvalue weighted by molar-refractivity contribution is 0.0593. The van der Waals surface area contributed by atoms with Crippen molar-refractivity contribution in [1.29, 1.82) is 0 Å². The molecule has 2 amide bonds. The third kappa shape index (κ3) is 3.95. The highest BCUT2D eigenvalue weighted by molar-refractivity contribution is 7.08. The van der Waals surface area contributed by atoms with E-state index in [0.717, 1.165) is 17.5 Å². The van der Waals surface area contributed by atoms with E-state index in [4.69, 9.17) is 4.74 Å². The second-order valence-corrected chi connectivity index (χ2v) is 6.99. The second-order valence-electron chi connectivity index (χ2n) is 6.21. The average Bonchev–Trinajstić information content (AvgIpc) is 3.26. The Morgan fingerprint density at radius 3 is 2.88 bits per heavy atom. The molecule has 2 aromatic rings. The van der Waals surface area contributed by atoms with Crippen LogP contribution in [-0.4, -0.2) is 30.3 Å². The molecule has 1 aromatic heterocycles. The van der Waals surface area contributed by atoms with Crippen molar-refractivity contribution in [3.63, 3.8) is 0 Å². The highest BCUT2D eigenvalue weighted by atomic mass is 32.1. The van der Waals surface area contributed by atoms with Crippen LogP contribution >= 0.6 is 11.3 Å². The van der Waals surface area contributed by atoms with Crippen LogP contribution < -0.4 is 10.6 Å². The molecule has 0 saturated carbocycles. The van der Waals surface area contributed by atoms with Gasteiger partial charge in [0.05, 0.1) is 12.6 Å². The van der Waals surface area contributed by atoms with Gasteiger partial charge in [-0.25, -0.2) is 4.79 Å². The van der Waals surface area contributed by atoms with Crippen molar-refractivity contribution in [3.8, 4) is 0 Å². The van der Waals surface area contributed by atoms with Gasteiger partial charge >= 0.3 is 6.03 Å². The molecular formula is C18H22N2O3S. The van der Waals surface area contributed by atoms with Crippen molar-refractivity contribution in [2.24, 2.45) is 0 Å². The van der Waals surface area contributed by atoms with Gasteiger partial charge in [-0.1, -0.05) is 30.3 Å². The van der Waals surface area contributed by atoms with E-state index in [2.05, 4.69) is 10.6 Å². The summed E-state index contributed by atoms with van der Waals surface area (Å²) >= 11 is 1.52. The molecule has 3 rings (SSSR count). The molecule has 5 nitrogen and oxygen atoms in total. The number of carbonyl (C=O) groups is 1. The highest BCUT2D eigenvalue weighted by Crippen LogP contribution is 2.29.